The van der Waals surface area contributed by atoms with E-state index in [-0.39, 0.29) is 0 Å². The van der Waals surface area contributed by atoms with Crippen molar-refractivity contribution in [3.63, 3.8) is 0 Å². The van der Waals surface area contributed by atoms with Crippen LogP contribution in [-0.2, 0) is 0 Å². The topological polar surface area (TPSA) is 3.24 Å². The third-order valence-electron chi connectivity index (χ3n) is 4.45. The summed E-state index contributed by atoms with van der Waals surface area (Å²) in [5.74, 6) is 0.699. The number of hydrogen-bond donors (Lipinski definition) is 0. The van der Waals surface area contributed by atoms with Gasteiger partial charge in [0.2, 0.25) is 0 Å². The molecule has 0 aromatic heterocycles. The number of hydrogen-bond acceptors (Lipinski definition) is 1. The van der Waals surface area contributed by atoms with E-state index in [0.29, 0.717) is 17.4 Å². The van der Waals surface area contributed by atoms with Crippen molar-refractivity contribution in [3.05, 3.63) is 66.2 Å². The van der Waals surface area contributed by atoms with Crippen molar-refractivity contribution in [1.29, 1.82) is 0 Å². The smallest absolute Gasteiger partial charge is 0.0592 e. The van der Waals surface area contributed by atoms with Crippen LogP contribution in [0.5, 0.6) is 0 Å². The van der Waals surface area contributed by atoms with Gasteiger partial charge in [-0.1, -0.05) is 69.3 Å². The second kappa shape index (κ2) is 4.97. The lowest BCUT2D eigenvalue weighted by atomic mass is 9.68. The van der Waals surface area contributed by atoms with Crippen molar-refractivity contribution in [2.75, 3.05) is 11.4 Å². The van der Waals surface area contributed by atoms with E-state index in [4.69, 9.17) is 0 Å². The molecule has 0 radical (unpaired) electrons. The van der Waals surface area contributed by atoms with E-state index < -0.39 is 0 Å². The molecule has 20 heavy (non-hydrogen) atoms. The number of rotatable bonds is 2. The van der Waals surface area contributed by atoms with Crippen molar-refractivity contribution < 1.29 is 0 Å². The minimum Gasteiger partial charge on any atom is -0.364 e. The molecule has 0 N–H and O–H groups in total. The molecule has 0 aliphatic carbocycles. The minimum absolute atomic E-state index is 0.339. The molecule has 0 unspecified atom stereocenters. The maximum absolute atomic E-state index is 2.53. The molecule has 2 aromatic carbocycles. The molecule has 1 nitrogen and oxygen atoms in total. The summed E-state index contributed by atoms with van der Waals surface area (Å²) in [5, 5.41) is 0. The summed E-state index contributed by atoms with van der Waals surface area (Å²) >= 11 is 0. The fourth-order valence-electron chi connectivity index (χ4n) is 3.20. The molecule has 0 saturated carbocycles. The van der Waals surface area contributed by atoms with Crippen LogP contribution in [-0.4, -0.2) is 6.54 Å². The molecular formula is C19H23N. The van der Waals surface area contributed by atoms with Gasteiger partial charge in [-0.05, 0) is 23.1 Å². The fraction of sp³-hybridized carbons (Fsp3) is 0.368. The normalized spacial score (nSPS) is 22.4. The van der Waals surface area contributed by atoms with Crippen molar-refractivity contribution >= 4 is 5.69 Å². The lowest BCUT2D eigenvalue weighted by Gasteiger charge is -2.55. The highest BCUT2D eigenvalue weighted by Gasteiger charge is 2.45. The second-order valence-corrected chi connectivity index (χ2v) is 6.82. The second-order valence-electron chi connectivity index (χ2n) is 6.82. The number of benzene rings is 2. The SMILES string of the molecule is CC(C)(C)[C@@H]1CN(c2ccccc2)[C@H]1c1ccccc1. The largest absolute Gasteiger partial charge is 0.364 e. The summed E-state index contributed by atoms with van der Waals surface area (Å²) in [4.78, 5) is 2.53. The highest BCUT2D eigenvalue weighted by atomic mass is 15.2. The van der Waals surface area contributed by atoms with Gasteiger partial charge in [-0.25, -0.2) is 0 Å². The van der Waals surface area contributed by atoms with E-state index in [1.54, 1.807) is 0 Å². The van der Waals surface area contributed by atoms with Gasteiger partial charge in [-0.3, -0.25) is 0 Å². The summed E-state index contributed by atoms with van der Waals surface area (Å²) in [7, 11) is 0. The lowest BCUT2D eigenvalue weighted by Crippen LogP contribution is -2.54. The van der Waals surface area contributed by atoms with E-state index in [0.717, 1.165) is 6.54 Å². The van der Waals surface area contributed by atoms with Crippen LogP contribution in [0.2, 0.25) is 0 Å². The quantitative estimate of drug-likeness (QED) is 0.745. The highest BCUT2D eigenvalue weighted by molar-refractivity contribution is 5.52. The number of nitrogens with zero attached hydrogens (tertiary/aromatic N) is 1. The first kappa shape index (κ1) is 13.2. The molecule has 1 saturated heterocycles. The summed E-state index contributed by atoms with van der Waals surface area (Å²) in [6, 6.07) is 22.2. The first-order chi connectivity index (χ1) is 9.57. The third kappa shape index (κ3) is 2.33. The zero-order valence-electron chi connectivity index (χ0n) is 12.6. The Morgan fingerprint density at radius 3 is 1.95 bits per heavy atom. The Morgan fingerprint density at radius 2 is 1.40 bits per heavy atom. The monoisotopic (exact) mass is 265 g/mol. The molecule has 104 valence electrons. The average molecular weight is 265 g/mol. The van der Waals surface area contributed by atoms with Gasteiger partial charge in [0.05, 0.1) is 6.04 Å². The van der Waals surface area contributed by atoms with Crippen LogP contribution in [0.1, 0.15) is 32.4 Å². The Balaban J connectivity index is 1.94. The van der Waals surface area contributed by atoms with Gasteiger partial charge < -0.3 is 4.90 Å². The van der Waals surface area contributed by atoms with Gasteiger partial charge in [-0.15, -0.1) is 0 Å². The van der Waals surface area contributed by atoms with Crippen LogP contribution in [0, 0.1) is 11.3 Å². The van der Waals surface area contributed by atoms with Gasteiger partial charge in [-0.2, -0.15) is 0 Å². The number of anilines is 1. The van der Waals surface area contributed by atoms with E-state index >= 15 is 0 Å². The van der Waals surface area contributed by atoms with E-state index in [9.17, 15) is 0 Å². The summed E-state index contributed by atoms with van der Waals surface area (Å²) in [6.07, 6.45) is 0. The van der Waals surface area contributed by atoms with Gasteiger partial charge >= 0.3 is 0 Å². The molecule has 0 bridgehead atoms. The Morgan fingerprint density at radius 1 is 0.850 bits per heavy atom. The Labute approximate surface area is 122 Å². The van der Waals surface area contributed by atoms with Crippen molar-refractivity contribution in [2.45, 2.75) is 26.8 Å². The van der Waals surface area contributed by atoms with Crippen LogP contribution in [0.4, 0.5) is 5.69 Å². The first-order valence-electron chi connectivity index (χ1n) is 7.44. The zero-order valence-corrected chi connectivity index (χ0v) is 12.6. The molecular weight excluding hydrogens is 242 g/mol. The van der Waals surface area contributed by atoms with Crippen LogP contribution in [0.25, 0.3) is 0 Å². The molecule has 2 aromatic rings. The van der Waals surface area contributed by atoms with Gasteiger partial charge in [0.1, 0.15) is 0 Å². The molecule has 1 fully saturated rings. The molecule has 1 heteroatoms. The summed E-state index contributed by atoms with van der Waals surface area (Å²) in [6.45, 7) is 8.22. The minimum atomic E-state index is 0.339. The van der Waals surface area contributed by atoms with Crippen molar-refractivity contribution in [3.8, 4) is 0 Å². The highest BCUT2D eigenvalue weighted by Crippen LogP contribution is 2.49. The van der Waals surface area contributed by atoms with Gasteiger partial charge in [0.25, 0.3) is 0 Å². The van der Waals surface area contributed by atoms with Gasteiger partial charge in [0, 0.05) is 18.2 Å². The predicted octanol–water partition coefficient (Wildman–Crippen LogP) is 4.91. The summed E-state index contributed by atoms with van der Waals surface area (Å²) in [5.41, 5.74) is 3.11. The molecule has 1 heterocycles. The average Bonchev–Trinajstić information content (AvgIpc) is 2.38. The zero-order chi connectivity index (χ0) is 14.2. The van der Waals surface area contributed by atoms with E-state index in [1.807, 2.05) is 0 Å². The maximum atomic E-state index is 2.53. The molecule has 1 aliphatic rings. The Hall–Kier alpha value is -1.76. The first-order valence-corrected chi connectivity index (χ1v) is 7.44. The van der Waals surface area contributed by atoms with Crippen LogP contribution in [0.3, 0.4) is 0 Å². The summed E-state index contributed by atoms with van der Waals surface area (Å²) < 4.78 is 0. The third-order valence-corrected chi connectivity index (χ3v) is 4.45. The number of para-hydroxylation sites is 1. The standard InChI is InChI=1S/C19H23N/c1-19(2,3)17-14-20(16-12-8-5-9-13-16)18(17)15-10-6-4-7-11-15/h4-13,17-18H,14H2,1-3H3/t17-,18+/m1/s1. The van der Waals surface area contributed by atoms with Crippen LogP contribution >= 0.6 is 0 Å². The molecule has 0 amide bonds. The Bertz CT molecular complexity index is 553. The van der Waals surface area contributed by atoms with Gasteiger partial charge in [0.15, 0.2) is 0 Å². The predicted molar refractivity (Wildman–Crippen MR) is 85.9 cm³/mol. The fourth-order valence-corrected chi connectivity index (χ4v) is 3.20. The lowest BCUT2D eigenvalue weighted by molar-refractivity contribution is 0.135. The Kier molecular flexibility index (Phi) is 3.29. The van der Waals surface area contributed by atoms with Crippen LogP contribution in [0.15, 0.2) is 60.7 Å². The maximum Gasteiger partial charge on any atom is 0.0592 e. The van der Waals surface area contributed by atoms with Crippen LogP contribution < -0.4 is 4.90 Å². The molecule has 0 spiro atoms. The van der Waals surface area contributed by atoms with E-state index in [2.05, 4.69) is 86.3 Å². The molecule has 3 rings (SSSR count). The van der Waals surface area contributed by atoms with E-state index in [1.165, 1.54) is 11.3 Å². The van der Waals surface area contributed by atoms with Crippen molar-refractivity contribution in [2.24, 2.45) is 11.3 Å². The van der Waals surface area contributed by atoms with Crippen molar-refractivity contribution in [1.82, 2.24) is 0 Å². The molecule has 1 aliphatic heterocycles. The molecule has 2 atom stereocenters.